The van der Waals surface area contributed by atoms with Gasteiger partial charge in [-0.05, 0) is 252 Å². The third-order valence-electron chi connectivity index (χ3n) is 33.0. The highest BCUT2D eigenvalue weighted by Gasteiger charge is 2.72. The van der Waals surface area contributed by atoms with E-state index in [1.165, 1.54) is 42.8 Å². The zero-order valence-electron chi connectivity index (χ0n) is 81.5. The van der Waals surface area contributed by atoms with Gasteiger partial charge < -0.3 is 69.5 Å². The molecule has 8 heterocycles. The van der Waals surface area contributed by atoms with Gasteiger partial charge in [-0.1, -0.05) is 119 Å². The van der Waals surface area contributed by atoms with Crippen molar-refractivity contribution in [1.29, 1.82) is 0 Å². The van der Waals surface area contributed by atoms with Gasteiger partial charge >= 0.3 is 21.4 Å². The van der Waals surface area contributed by atoms with Gasteiger partial charge in [0, 0.05) is 47.5 Å². The lowest BCUT2D eigenvalue weighted by Crippen LogP contribution is -2.65. The van der Waals surface area contributed by atoms with E-state index < -0.39 is 146 Å². The van der Waals surface area contributed by atoms with Crippen LogP contribution >= 0.6 is 0 Å². The molecule has 14 amide bonds. The van der Waals surface area contributed by atoms with E-state index in [0.29, 0.717) is 72.7 Å². The molecule has 9 saturated carbocycles. The number of imide groups is 4. The van der Waals surface area contributed by atoms with Gasteiger partial charge in [-0.25, -0.2) is 0 Å². The van der Waals surface area contributed by atoms with Crippen LogP contribution in [0.2, 0.25) is 0 Å². The van der Waals surface area contributed by atoms with Crippen LogP contribution in [0.5, 0.6) is 5.75 Å². The van der Waals surface area contributed by atoms with Crippen molar-refractivity contribution in [3.05, 3.63) is 148 Å². The second kappa shape index (κ2) is 37.0. The fourth-order valence-electron chi connectivity index (χ4n) is 24.8. The normalized spacial score (nSPS) is 29.3. The molecule has 9 N–H and O–H groups in total. The highest BCUT2D eigenvalue weighted by molar-refractivity contribution is 6.49. The first-order valence-corrected chi connectivity index (χ1v) is 48.9. The Bertz CT molecular complexity index is 5910. The highest BCUT2D eigenvalue weighted by Crippen LogP contribution is 2.69. The van der Waals surface area contributed by atoms with E-state index in [1.54, 1.807) is 27.0 Å². The van der Waals surface area contributed by atoms with Crippen molar-refractivity contribution in [2.75, 3.05) is 7.11 Å². The number of carbonyl (C=O) groups excluding carboxylic acids is 14. The van der Waals surface area contributed by atoms with Crippen LogP contribution in [0.25, 0.3) is 21.7 Å². The molecule has 32 nitrogen and oxygen atoms in total. The Morgan fingerprint density at radius 3 is 1.36 bits per heavy atom. The molecule has 1 aromatic heterocycles. The van der Waals surface area contributed by atoms with Crippen LogP contribution in [0.3, 0.4) is 0 Å². The topological polar surface area (TPSA) is 422 Å². The van der Waals surface area contributed by atoms with Crippen LogP contribution in [-0.2, 0) is 67.9 Å². The second-order valence-corrected chi connectivity index (χ2v) is 44.0. The molecule has 5 saturated heterocycles. The molecule has 14 fully saturated rings. The summed E-state index contributed by atoms with van der Waals surface area (Å²) >= 11 is 0. The number of fused-ring (bicyclic) bond motifs is 4. The number of hydrogen-bond acceptors (Lipinski definition) is 21. The number of para-hydroxylation sites is 1. The van der Waals surface area contributed by atoms with E-state index in [-0.39, 0.29) is 129 Å². The number of carbonyl (C=O) groups is 14. The molecule has 22 rings (SSSR count). The Morgan fingerprint density at radius 2 is 0.883 bits per heavy atom. The number of piperidine rings is 2. The standard InChI is InChI=1S/C38H46BN3O5.2C32H41BN4O8/c1-22(2)15-34(39-46-33-20-27-19-32(37(27,3)4)38(33,5)47-39)42-36(44)31(18-26-21-40-30-10-8-7-9-29(26)30)41-35(43)25-12-11-24-17-28(45-6)14-13-23(24)16-25;1-15(2)11-24(33-44-23-14-18-13-22(31(18,4)5)32(23,6)45-33)35-26(39)16(3)34-27(40)17-7-8-19-20(12-17)30(43)37(29(19)42)21-9-10-25(38)36-28(21)41;1-15(2)12-23(33-44-22-14-17-13-21(31(17,4)5)32(22,6)45-33)35-26(39)16(3)34-27(40)18-8-7-9-19-25(18)30(43)37(29(19)42)20-10-11-24(38)36-28(20)41/h7-14,16-17,21-22,27,31-34,40H,15,18-20H2,1-6H3,(H,41,43)(H,42,44);7-8,12,15-16,18,21-24H,9-11,13-14H2,1-6H3,(H,34,40)(H,35,39)(H,36,38,41);7-9,15-17,20-23H,10-14H2,1-6H3,(H,34,40)(H,35,39)(H,36,38,41)/t27-,31-,32-,33+,34-,38-;16-,18-,21?,22-,23+,24-,32-;16-,17-,20?,21-,22+,23-,32-/m000/s1. The SMILES string of the molecule is CC(C)C[C@H](NC(=O)[C@H](C)NC(=O)c1ccc2c(c1)C(=O)N(C1CCC(=O)NC1=O)C2=O)B1O[C@@H]2C[C@@H]3C[C@@H](C3(C)C)[C@]2(C)O1.CC(C)C[C@H](NC(=O)[C@H](C)NC(=O)c1cccc2c1C(=O)N(C1CCC(=O)NC1=O)C2=O)B1O[C@@H]2C[C@@H]3C[C@@H](C3(C)C)[C@]2(C)O1.COc1ccc2cc(C(=O)N[C@@H](Cc3c[nH]c4ccccc34)C(=O)N[C@@H](CC(C)C)B3O[C@@H]4C[C@@H]5C[C@@H](C5(C)C)[C@]4(C)O3)ccc2c1. The first-order valence-electron chi connectivity index (χ1n) is 48.9. The van der Waals surface area contributed by atoms with Crippen LogP contribution in [0, 0.1) is 69.5 Å². The van der Waals surface area contributed by atoms with Gasteiger partial charge in [0.15, 0.2) is 0 Å². The maximum absolute atomic E-state index is 14.3. The first-order chi connectivity index (χ1) is 64.7. The van der Waals surface area contributed by atoms with Crippen molar-refractivity contribution in [2.24, 2.45) is 69.5 Å². The molecule has 2 unspecified atom stereocenters. The zero-order valence-corrected chi connectivity index (χ0v) is 81.5. The molecule has 726 valence electrons. The van der Waals surface area contributed by atoms with Gasteiger partial charge in [0.1, 0.15) is 36.0 Å². The number of aromatic nitrogens is 1. The summed E-state index contributed by atoms with van der Waals surface area (Å²) in [5.74, 6) is -4.65. The van der Waals surface area contributed by atoms with E-state index in [2.05, 4.69) is 151 Å². The summed E-state index contributed by atoms with van der Waals surface area (Å²) in [5, 5.41) is 25.1. The number of H-pyrrole nitrogens is 1. The number of methoxy groups -OCH3 is 1. The molecule has 0 spiro atoms. The van der Waals surface area contributed by atoms with E-state index in [1.807, 2.05) is 60.8 Å². The molecule has 7 aliphatic heterocycles. The lowest BCUT2D eigenvalue weighted by Gasteiger charge is -2.64. The van der Waals surface area contributed by atoms with E-state index in [4.69, 9.17) is 32.7 Å². The summed E-state index contributed by atoms with van der Waals surface area (Å²) in [6.45, 7) is 36.0. The van der Waals surface area contributed by atoms with Crippen LogP contribution in [0.1, 0.15) is 279 Å². The average Bonchev–Trinajstić information content (AvgIpc) is 1.62. The summed E-state index contributed by atoms with van der Waals surface area (Å²) in [6, 6.07) is 22.6. The molecule has 6 aromatic rings. The number of benzene rings is 5. The van der Waals surface area contributed by atoms with Crippen LogP contribution < -0.4 is 47.3 Å². The Morgan fingerprint density at radius 1 is 0.453 bits per heavy atom. The Hall–Kier alpha value is -11.0. The molecule has 9 aliphatic carbocycles. The zero-order chi connectivity index (χ0) is 98.3. The summed E-state index contributed by atoms with van der Waals surface area (Å²) in [6.07, 6.45) is 10.4. The quantitative estimate of drug-likeness (QED) is 0.0180. The van der Waals surface area contributed by atoms with E-state index >= 15 is 0 Å². The monoisotopic (exact) mass is 1880 g/mol. The van der Waals surface area contributed by atoms with Crippen molar-refractivity contribution >= 4 is 126 Å². The molecular formula is C102H128B3N11O21. The number of ether oxygens (including phenoxy) is 1. The van der Waals surface area contributed by atoms with Gasteiger partial charge in [0.05, 0.1) is 87.9 Å². The number of amides is 14. The smallest absolute Gasteiger partial charge is 0.481 e. The Kier molecular flexibility index (Phi) is 26.4. The summed E-state index contributed by atoms with van der Waals surface area (Å²) in [5.41, 5.74) is 1.71. The molecule has 5 aromatic carbocycles. The lowest BCUT2D eigenvalue weighted by molar-refractivity contribution is -0.199. The molecule has 16 aliphatic rings. The van der Waals surface area contributed by atoms with Crippen molar-refractivity contribution < 1.29 is 99.8 Å². The predicted molar refractivity (Wildman–Crippen MR) is 508 cm³/mol. The predicted octanol–water partition coefficient (Wildman–Crippen LogP) is 10.5. The number of nitrogens with zero attached hydrogens (tertiary/aromatic N) is 2. The van der Waals surface area contributed by atoms with Gasteiger partial charge in [-0.3, -0.25) is 87.6 Å². The minimum Gasteiger partial charge on any atom is -0.497 e. The minimum atomic E-state index is -1.16. The molecular weight excluding hydrogens is 1750 g/mol. The fourth-order valence-corrected chi connectivity index (χ4v) is 24.8. The molecule has 20 atom stereocenters. The Balaban J connectivity index is 0.000000142. The van der Waals surface area contributed by atoms with Crippen LogP contribution in [0.15, 0.2) is 103 Å². The lowest BCUT2D eigenvalue weighted by atomic mass is 9.43. The minimum absolute atomic E-state index is 0.000265. The summed E-state index contributed by atoms with van der Waals surface area (Å²) < 4.78 is 45.0. The average molecular weight is 1880 g/mol. The third-order valence-corrected chi connectivity index (χ3v) is 33.0. The van der Waals surface area contributed by atoms with Crippen molar-refractivity contribution in [2.45, 2.75) is 291 Å². The fraction of sp³-hybridized carbons (Fsp3) is 0.569. The molecule has 0 radical (unpaired) electrons. The van der Waals surface area contributed by atoms with Crippen LogP contribution in [-0.4, -0.2) is 209 Å². The van der Waals surface area contributed by atoms with Crippen molar-refractivity contribution in [3.63, 3.8) is 0 Å². The van der Waals surface area contributed by atoms with Gasteiger partial charge in [0.25, 0.3) is 41.4 Å². The summed E-state index contributed by atoms with van der Waals surface area (Å²) in [4.78, 5) is 187. The first kappa shape index (κ1) is 97.7. The molecule has 35 heteroatoms. The maximum Gasteiger partial charge on any atom is 0.481 e. The highest BCUT2D eigenvalue weighted by atomic mass is 16.7. The molecule has 137 heavy (non-hydrogen) atoms. The van der Waals surface area contributed by atoms with Gasteiger partial charge in [-0.15, -0.1) is 0 Å². The Labute approximate surface area is 799 Å². The van der Waals surface area contributed by atoms with Crippen LogP contribution in [0.4, 0.5) is 0 Å². The van der Waals surface area contributed by atoms with E-state index in [0.717, 1.165) is 74.9 Å². The number of aromatic amines is 1. The number of rotatable bonds is 26. The van der Waals surface area contributed by atoms with Gasteiger partial charge in [-0.2, -0.15) is 0 Å². The maximum atomic E-state index is 14.3. The molecule has 6 bridgehead atoms. The second-order valence-electron chi connectivity index (χ2n) is 44.0. The number of hydrogen-bond donors (Lipinski definition) is 9. The van der Waals surface area contributed by atoms with Crippen molar-refractivity contribution in [3.8, 4) is 5.75 Å². The van der Waals surface area contributed by atoms with E-state index in [9.17, 15) is 67.1 Å². The van der Waals surface area contributed by atoms with Gasteiger partial charge in [0.2, 0.25) is 41.4 Å². The number of nitrogens with one attached hydrogen (secondary N) is 9. The van der Waals surface area contributed by atoms with Crippen molar-refractivity contribution in [1.82, 2.24) is 57.3 Å². The largest absolute Gasteiger partial charge is 0.497 e. The summed E-state index contributed by atoms with van der Waals surface area (Å²) in [7, 11) is -0.135. The third kappa shape index (κ3) is 17.9.